The van der Waals surface area contributed by atoms with E-state index < -0.39 is 41.0 Å². The van der Waals surface area contributed by atoms with Crippen LogP contribution in [0.5, 0.6) is 5.75 Å². The third kappa shape index (κ3) is 4.72. The van der Waals surface area contributed by atoms with E-state index in [-0.39, 0.29) is 0 Å². The van der Waals surface area contributed by atoms with Crippen molar-refractivity contribution in [3.8, 4) is 5.75 Å². The Morgan fingerprint density at radius 1 is 1.12 bits per heavy atom. The molecule has 25 heavy (non-hydrogen) atoms. The Labute approximate surface area is 141 Å². The molecule has 132 valence electrons. The first-order valence-electron chi connectivity index (χ1n) is 7.15. The van der Waals surface area contributed by atoms with Gasteiger partial charge < -0.3 is 15.2 Å². The molecule has 2 rings (SSSR count). The van der Waals surface area contributed by atoms with Crippen LogP contribution in [0.3, 0.4) is 0 Å². The van der Waals surface area contributed by atoms with Crippen LogP contribution in [0.2, 0.25) is 0 Å². The summed E-state index contributed by atoms with van der Waals surface area (Å²) in [5.41, 5.74) is -1.68. The highest BCUT2D eigenvalue weighted by molar-refractivity contribution is 5.98. The highest BCUT2D eigenvalue weighted by Gasteiger charge is 2.36. The number of hydrogen-bond donors (Lipinski definition) is 2. The molecule has 2 aromatic rings. The maximum atomic E-state index is 13.0. The molecule has 0 spiro atoms. The van der Waals surface area contributed by atoms with Crippen molar-refractivity contribution < 1.29 is 32.6 Å². The lowest BCUT2D eigenvalue weighted by molar-refractivity contribution is -0.138. The van der Waals surface area contributed by atoms with Crippen molar-refractivity contribution in [2.45, 2.75) is 19.2 Å². The molecule has 0 aliphatic carbocycles. The Morgan fingerprint density at radius 2 is 1.76 bits per heavy atom. The van der Waals surface area contributed by atoms with Crippen molar-refractivity contribution in [3.63, 3.8) is 0 Å². The normalized spacial score (nSPS) is 12.3. The fourth-order valence-electron chi connectivity index (χ4n) is 1.99. The van der Waals surface area contributed by atoms with Crippen molar-refractivity contribution >= 4 is 17.6 Å². The van der Waals surface area contributed by atoms with Gasteiger partial charge in [-0.25, -0.2) is 4.79 Å². The van der Waals surface area contributed by atoms with Gasteiger partial charge in [0.1, 0.15) is 5.75 Å². The number of carbonyl (C=O) groups is 2. The maximum absolute atomic E-state index is 13.0. The number of nitrogens with one attached hydrogen (secondary N) is 1. The van der Waals surface area contributed by atoms with Crippen LogP contribution in [0.15, 0.2) is 48.5 Å². The van der Waals surface area contributed by atoms with Crippen LogP contribution in [0.1, 0.15) is 22.8 Å². The summed E-state index contributed by atoms with van der Waals surface area (Å²) >= 11 is 0. The van der Waals surface area contributed by atoms with E-state index in [0.717, 1.165) is 6.07 Å². The second kappa shape index (κ2) is 7.25. The summed E-state index contributed by atoms with van der Waals surface area (Å²) in [7, 11) is 0. The minimum Gasteiger partial charge on any atom is -0.508 e. The topological polar surface area (TPSA) is 75.6 Å². The zero-order chi connectivity index (χ0) is 18.6. The Kier molecular flexibility index (Phi) is 5.31. The van der Waals surface area contributed by atoms with Gasteiger partial charge in [0.15, 0.2) is 6.10 Å². The van der Waals surface area contributed by atoms with Gasteiger partial charge in [0.25, 0.3) is 5.91 Å². The first-order valence-corrected chi connectivity index (χ1v) is 7.15. The van der Waals surface area contributed by atoms with Crippen LogP contribution in [0.25, 0.3) is 0 Å². The molecule has 0 aliphatic rings. The Morgan fingerprint density at radius 3 is 2.36 bits per heavy atom. The number of benzene rings is 2. The molecule has 0 heterocycles. The fourth-order valence-corrected chi connectivity index (χ4v) is 1.99. The van der Waals surface area contributed by atoms with Crippen LogP contribution in [-0.4, -0.2) is 23.1 Å². The molecule has 1 unspecified atom stereocenters. The summed E-state index contributed by atoms with van der Waals surface area (Å²) < 4.78 is 43.7. The number of phenolic OH excluding ortho intramolecular Hbond substituents is 1. The number of carbonyl (C=O) groups excluding carboxylic acids is 2. The largest absolute Gasteiger partial charge is 0.508 e. The van der Waals surface area contributed by atoms with E-state index in [1.165, 1.54) is 6.92 Å². The molecule has 0 radical (unpaired) electrons. The highest BCUT2D eigenvalue weighted by atomic mass is 19.4. The van der Waals surface area contributed by atoms with Crippen molar-refractivity contribution in [2.24, 2.45) is 0 Å². The molecule has 0 fully saturated rings. The average Bonchev–Trinajstić information content (AvgIpc) is 2.54. The van der Waals surface area contributed by atoms with Crippen LogP contribution in [0, 0.1) is 0 Å². The van der Waals surface area contributed by atoms with E-state index in [1.807, 2.05) is 0 Å². The summed E-state index contributed by atoms with van der Waals surface area (Å²) in [6.45, 7) is 1.23. The number of alkyl halides is 3. The molecule has 2 N–H and O–H groups in total. The van der Waals surface area contributed by atoms with Gasteiger partial charge in [-0.1, -0.05) is 18.2 Å². The summed E-state index contributed by atoms with van der Waals surface area (Å²) in [6.07, 6.45) is -6.14. The number of amides is 1. The SMILES string of the molecule is CC(OC(=O)c1cc(O)ccc1C(F)(F)F)C(=O)Nc1ccccc1. The zero-order valence-corrected chi connectivity index (χ0v) is 13.0. The lowest BCUT2D eigenvalue weighted by Gasteiger charge is -2.16. The number of esters is 1. The number of ether oxygens (including phenoxy) is 1. The smallest absolute Gasteiger partial charge is 0.417 e. The summed E-state index contributed by atoms with van der Waals surface area (Å²) in [5.74, 6) is -2.59. The van der Waals surface area contributed by atoms with E-state index in [4.69, 9.17) is 4.74 Å². The van der Waals surface area contributed by atoms with Crippen LogP contribution in [0.4, 0.5) is 18.9 Å². The highest BCUT2D eigenvalue weighted by Crippen LogP contribution is 2.34. The molecule has 8 heteroatoms. The number of para-hydroxylation sites is 1. The molecule has 0 aromatic heterocycles. The van der Waals surface area contributed by atoms with Crippen molar-refractivity contribution in [2.75, 3.05) is 5.32 Å². The zero-order valence-electron chi connectivity index (χ0n) is 13.0. The molecule has 1 atom stereocenters. The lowest BCUT2D eigenvalue weighted by Crippen LogP contribution is -2.30. The van der Waals surface area contributed by atoms with Crippen molar-refractivity contribution in [1.29, 1.82) is 0 Å². The molecular formula is C17H14F3NO4. The summed E-state index contributed by atoms with van der Waals surface area (Å²) in [5, 5.41) is 11.8. The van der Waals surface area contributed by atoms with Crippen LogP contribution >= 0.6 is 0 Å². The monoisotopic (exact) mass is 353 g/mol. The van der Waals surface area contributed by atoms with Gasteiger partial charge in [0.2, 0.25) is 0 Å². The lowest BCUT2D eigenvalue weighted by atomic mass is 10.1. The van der Waals surface area contributed by atoms with Crippen molar-refractivity contribution in [3.05, 3.63) is 59.7 Å². The molecule has 0 saturated heterocycles. The minimum absolute atomic E-state index is 0.448. The van der Waals surface area contributed by atoms with Crippen LogP contribution in [-0.2, 0) is 15.7 Å². The Bertz CT molecular complexity index is 775. The predicted octanol–water partition coefficient (Wildman–Crippen LogP) is 3.60. The number of aromatic hydroxyl groups is 1. The molecule has 1 amide bonds. The van der Waals surface area contributed by atoms with Gasteiger partial charge in [0.05, 0.1) is 11.1 Å². The van der Waals surface area contributed by atoms with Crippen LogP contribution < -0.4 is 5.32 Å². The number of halogens is 3. The third-order valence-electron chi connectivity index (χ3n) is 3.22. The minimum atomic E-state index is -4.81. The molecular weight excluding hydrogens is 339 g/mol. The van der Waals surface area contributed by atoms with E-state index in [0.29, 0.717) is 17.8 Å². The second-order valence-corrected chi connectivity index (χ2v) is 5.13. The van der Waals surface area contributed by atoms with Gasteiger partial charge >= 0.3 is 12.1 Å². The molecule has 0 bridgehead atoms. The van der Waals surface area contributed by atoms with Crippen molar-refractivity contribution in [1.82, 2.24) is 0 Å². The third-order valence-corrected chi connectivity index (χ3v) is 3.22. The number of anilines is 1. The molecule has 5 nitrogen and oxygen atoms in total. The fraction of sp³-hybridized carbons (Fsp3) is 0.176. The summed E-state index contributed by atoms with van der Waals surface area (Å²) in [6, 6.07) is 10.3. The molecule has 0 saturated carbocycles. The first kappa shape index (κ1) is 18.3. The number of phenols is 1. The van der Waals surface area contributed by atoms with E-state index >= 15 is 0 Å². The van der Waals surface area contributed by atoms with E-state index in [9.17, 15) is 27.9 Å². The number of hydrogen-bond acceptors (Lipinski definition) is 4. The standard InChI is InChI=1S/C17H14F3NO4/c1-10(15(23)21-11-5-3-2-4-6-11)25-16(24)13-9-12(22)7-8-14(13)17(18,19)20/h2-10,22H,1H3,(H,21,23). The van der Waals surface area contributed by atoms with Gasteiger partial charge in [0, 0.05) is 5.69 Å². The van der Waals surface area contributed by atoms with E-state index in [1.54, 1.807) is 30.3 Å². The first-order chi connectivity index (χ1) is 11.7. The molecule has 0 aliphatic heterocycles. The number of rotatable bonds is 4. The quantitative estimate of drug-likeness (QED) is 0.824. The van der Waals surface area contributed by atoms with Gasteiger partial charge in [-0.05, 0) is 37.3 Å². The van der Waals surface area contributed by atoms with Gasteiger partial charge in [-0.2, -0.15) is 13.2 Å². The average molecular weight is 353 g/mol. The van der Waals surface area contributed by atoms with Gasteiger partial charge in [-0.3, -0.25) is 4.79 Å². The maximum Gasteiger partial charge on any atom is 0.417 e. The Balaban J connectivity index is 2.14. The molecule has 2 aromatic carbocycles. The second-order valence-electron chi connectivity index (χ2n) is 5.13. The summed E-state index contributed by atoms with van der Waals surface area (Å²) in [4.78, 5) is 24.0. The predicted molar refractivity (Wildman–Crippen MR) is 83.1 cm³/mol. The van der Waals surface area contributed by atoms with Gasteiger partial charge in [-0.15, -0.1) is 0 Å². The Hall–Kier alpha value is -3.03. The van der Waals surface area contributed by atoms with E-state index in [2.05, 4.69) is 5.32 Å².